The van der Waals surface area contributed by atoms with Crippen LogP contribution >= 0.6 is 21.6 Å². The van der Waals surface area contributed by atoms with Crippen molar-refractivity contribution in [2.45, 2.75) is 12.2 Å². The Morgan fingerprint density at radius 1 is 1.00 bits per heavy atom. The molecule has 4 nitrogen and oxygen atoms in total. The third-order valence-corrected chi connectivity index (χ3v) is 3.12. The first-order chi connectivity index (χ1) is 4.63. The van der Waals surface area contributed by atoms with E-state index in [4.69, 9.17) is 10.2 Å². The summed E-state index contributed by atoms with van der Waals surface area (Å²) in [4.78, 5) is 21.1. The molecule has 2 N–H and O–H groups in total. The first-order valence-electron chi connectivity index (χ1n) is 2.41. The number of carbonyl (C=O) groups excluding carboxylic acids is 2. The average Bonchev–Trinajstić information content (AvgIpc) is 1.93. The van der Waals surface area contributed by atoms with E-state index in [2.05, 4.69) is 0 Å². The number of hydrogen-bond acceptors (Lipinski definition) is 6. The zero-order chi connectivity index (χ0) is 7.72. The fourth-order valence-electron chi connectivity index (χ4n) is 0.439. The van der Waals surface area contributed by atoms with Crippen LogP contribution in [0.5, 0.6) is 0 Å². The molecule has 0 aromatic heterocycles. The highest BCUT2D eigenvalue weighted by Crippen LogP contribution is 2.32. The van der Waals surface area contributed by atoms with Crippen LogP contribution in [0.3, 0.4) is 0 Å². The molecule has 0 bridgehead atoms. The van der Waals surface area contributed by atoms with E-state index < -0.39 is 22.4 Å². The Kier molecular flexibility index (Phi) is 2.35. The van der Waals surface area contributed by atoms with Crippen molar-refractivity contribution in [1.29, 1.82) is 0 Å². The average molecular weight is 180 g/mol. The van der Waals surface area contributed by atoms with Crippen molar-refractivity contribution in [1.82, 2.24) is 0 Å². The number of aliphatic hydroxyl groups excluding tert-OH is 2. The zero-order valence-electron chi connectivity index (χ0n) is 4.68. The second-order valence-electron chi connectivity index (χ2n) is 1.69. The largest absolute Gasteiger partial charge is 0.381 e. The summed E-state index contributed by atoms with van der Waals surface area (Å²) in [7, 11) is 1.31. The Morgan fingerprint density at radius 2 is 1.30 bits per heavy atom. The number of rotatable bonds is 0. The maximum Gasteiger partial charge on any atom is 0.231 e. The van der Waals surface area contributed by atoms with E-state index in [9.17, 15) is 9.59 Å². The van der Waals surface area contributed by atoms with Crippen molar-refractivity contribution in [3.8, 4) is 0 Å². The summed E-state index contributed by atoms with van der Waals surface area (Å²) in [5.41, 5.74) is 0. The minimum atomic E-state index is -1.54. The molecule has 1 heterocycles. The van der Waals surface area contributed by atoms with Crippen LogP contribution in [0.1, 0.15) is 0 Å². The third-order valence-electron chi connectivity index (χ3n) is 0.988. The lowest BCUT2D eigenvalue weighted by molar-refractivity contribution is -0.133. The predicted molar refractivity (Wildman–Crippen MR) is 37.2 cm³/mol. The summed E-state index contributed by atoms with van der Waals surface area (Å²) in [6.07, 6.45) is -3.09. The summed E-state index contributed by atoms with van der Waals surface area (Å²) in [5, 5.41) is 16.4. The molecule has 1 saturated heterocycles. The molecular weight excluding hydrogens is 176 g/mol. The molecule has 0 aliphatic carbocycles. The van der Waals surface area contributed by atoms with Crippen molar-refractivity contribution in [3.63, 3.8) is 0 Å². The van der Waals surface area contributed by atoms with E-state index >= 15 is 0 Å². The molecule has 0 unspecified atom stereocenters. The van der Waals surface area contributed by atoms with Crippen molar-refractivity contribution >= 4 is 31.8 Å². The van der Waals surface area contributed by atoms with Crippen LogP contribution < -0.4 is 0 Å². The fraction of sp³-hybridized carbons (Fsp3) is 0.500. The van der Waals surface area contributed by atoms with E-state index in [-0.39, 0.29) is 0 Å². The third kappa shape index (κ3) is 1.34. The van der Waals surface area contributed by atoms with Gasteiger partial charge in [0.15, 0.2) is 12.2 Å². The lowest BCUT2D eigenvalue weighted by Gasteiger charge is -2.18. The lowest BCUT2D eigenvalue weighted by Crippen LogP contribution is -2.39. The van der Waals surface area contributed by atoms with Crippen LogP contribution in [-0.2, 0) is 9.59 Å². The summed E-state index contributed by atoms with van der Waals surface area (Å²) >= 11 is 0. The molecule has 1 aliphatic rings. The van der Waals surface area contributed by atoms with Gasteiger partial charge >= 0.3 is 0 Å². The molecule has 0 spiro atoms. The molecule has 0 radical (unpaired) electrons. The standard InChI is InChI=1S/C4H4O4S2/c5-1-2(6)4(8)10-9-3(1)7/h1-2,5-6H/t1-,2+. The van der Waals surface area contributed by atoms with Gasteiger partial charge in [0.05, 0.1) is 0 Å². The highest BCUT2D eigenvalue weighted by Gasteiger charge is 2.36. The lowest BCUT2D eigenvalue weighted by atomic mass is 10.2. The minimum Gasteiger partial charge on any atom is -0.381 e. The molecule has 0 saturated carbocycles. The first kappa shape index (κ1) is 8.06. The number of hydrogen-bond donors (Lipinski definition) is 2. The molecule has 10 heavy (non-hydrogen) atoms. The zero-order valence-corrected chi connectivity index (χ0v) is 6.32. The highest BCUT2D eigenvalue weighted by molar-refractivity contribution is 8.87. The number of carbonyl (C=O) groups is 2. The Morgan fingerprint density at radius 3 is 1.60 bits per heavy atom. The van der Waals surface area contributed by atoms with Crippen LogP contribution in [-0.4, -0.2) is 32.7 Å². The minimum absolute atomic E-state index is 0.572. The maximum atomic E-state index is 10.5. The van der Waals surface area contributed by atoms with Gasteiger partial charge in [0.25, 0.3) is 0 Å². The SMILES string of the molecule is O=C1SSC(=O)[C@H](O)[C@@H]1O. The molecule has 1 aliphatic heterocycles. The van der Waals surface area contributed by atoms with Gasteiger partial charge in [-0.25, -0.2) is 0 Å². The molecule has 56 valence electrons. The predicted octanol–water partition coefficient (Wildman–Crippen LogP) is -0.844. The molecule has 2 atom stereocenters. The van der Waals surface area contributed by atoms with E-state index in [0.717, 1.165) is 0 Å². The van der Waals surface area contributed by atoms with Crippen molar-refractivity contribution in [3.05, 3.63) is 0 Å². The van der Waals surface area contributed by atoms with Crippen molar-refractivity contribution in [2.24, 2.45) is 0 Å². The second kappa shape index (κ2) is 2.91. The normalized spacial score (nSPS) is 34.6. The van der Waals surface area contributed by atoms with Crippen LogP contribution in [0, 0.1) is 0 Å². The van der Waals surface area contributed by atoms with Gasteiger partial charge in [-0.2, -0.15) is 0 Å². The maximum absolute atomic E-state index is 10.5. The molecule has 0 amide bonds. The van der Waals surface area contributed by atoms with Gasteiger partial charge in [-0.05, 0) is 21.6 Å². The Labute approximate surface area is 64.4 Å². The fourth-order valence-corrected chi connectivity index (χ4v) is 2.14. The molecule has 0 aromatic carbocycles. The van der Waals surface area contributed by atoms with Crippen LogP contribution in [0.15, 0.2) is 0 Å². The molecular formula is C4H4O4S2. The van der Waals surface area contributed by atoms with Crippen LogP contribution in [0.25, 0.3) is 0 Å². The Hall–Kier alpha value is -0.0400. The summed E-state index contributed by atoms with van der Waals surface area (Å²) < 4.78 is 0. The van der Waals surface area contributed by atoms with Gasteiger partial charge < -0.3 is 10.2 Å². The molecule has 1 fully saturated rings. The van der Waals surface area contributed by atoms with Gasteiger partial charge in [0.2, 0.25) is 10.2 Å². The van der Waals surface area contributed by atoms with Crippen LogP contribution in [0.4, 0.5) is 0 Å². The monoisotopic (exact) mass is 180 g/mol. The smallest absolute Gasteiger partial charge is 0.231 e. The molecule has 0 aromatic rings. The summed E-state index contributed by atoms with van der Waals surface area (Å²) in [6, 6.07) is 0. The van der Waals surface area contributed by atoms with Gasteiger partial charge in [-0.1, -0.05) is 0 Å². The van der Waals surface area contributed by atoms with Gasteiger partial charge in [0.1, 0.15) is 0 Å². The van der Waals surface area contributed by atoms with Crippen molar-refractivity contribution < 1.29 is 19.8 Å². The van der Waals surface area contributed by atoms with E-state index in [0.29, 0.717) is 21.6 Å². The van der Waals surface area contributed by atoms with E-state index in [1.807, 2.05) is 0 Å². The topological polar surface area (TPSA) is 74.6 Å². The van der Waals surface area contributed by atoms with E-state index in [1.165, 1.54) is 0 Å². The van der Waals surface area contributed by atoms with Gasteiger partial charge in [0, 0.05) is 0 Å². The molecule has 1 rings (SSSR count). The highest BCUT2D eigenvalue weighted by atomic mass is 33.1. The summed E-state index contributed by atoms with van der Waals surface area (Å²) in [6.45, 7) is 0. The quantitative estimate of drug-likeness (QED) is 0.473. The van der Waals surface area contributed by atoms with Gasteiger partial charge in [-0.15, -0.1) is 0 Å². The second-order valence-corrected chi connectivity index (χ2v) is 3.83. The van der Waals surface area contributed by atoms with Gasteiger partial charge in [-0.3, -0.25) is 9.59 Å². The van der Waals surface area contributed by atoms with Crippen molar-refractivity contribution in [2.75, 3.05) is 0 Å². The first-order valence-corrected chi connectivity index (χ1v) is 4.56. The van der Waals surface area contributed by atoms with E-state index in [1.54, 1.807) is 0 Å². The summed E-state index contributed by atoms with van der Waals surface area (Å²) in [5.74, 6) is 0. The number of aliphatic hydroxyl groups is 2. The van der Waals surface area contributed by atoms with Crippen LogP contribution in [0.2, 0.25) is 0 Å². The molecule has 6 heteroatoms. The Bertz CT molecular complexity index is 160. The Balaban J connectivity index is 2.69.